The van der Waals surface area contributed by atoms with E-state index in [4.69, 9.17) is 10.00 Å². The molecule has 0 rings (SSSR count). The van der Waals surface area contributed by atoms with Gasteiger partial charge < -0.3 is 9.47 Å². The summed E-state index contributed by atoms with van der Waals surface area (Å²) in [7, 11) is 0. The smallest absolute Gasteiger partial charge is 0.348 e. The molecule has 16 heavy (non-hydrogen) atoms. The number of carbonyl (C=O) groups is 2. The Balaban J connectivity index is 4.65. The van der Waals surface area contributed by atoms with Gasteiger partial charge in [0.05, 0.1) is 18.6 Å². The van der Waals surface area contributed by atoms with E-state index >= 15 is 0 Å². The first-order valence-electron chi connectivity index (χ1n) is 5.22. The molecule has 1 unspecified atom stereocenters. The van der Waals surface area contributed by atoms with Crippen LogP contribution in [0.2, 0.25) is 0 Å². The zero-order valence-corrected chi connectivity index (χ0v) is 9.80. The Bertz CT molecular complexity index is 270. The van der Waals surface area contributed by atoms with Crippen molar-refractivity contribution in [1.29, 1.82) is 5.26 Å². The summed E-state index contributed by atoms with van der Waals surface area (Å²) in [4.78, 5) is 21.7. The molecule has 0 aromatic heterocycles. The molecule has 0 N–H and O–H groups in total. The lowest BCUT2D eigenvalue weighted by molar-refractivity contribution is -0.163. The minimum Gasteiger partial charge on any atom is -0.463 e. The minimum atomic E-state index is -1.12. The van der Waals surface area contributed by atoms with Crippen molar-refractivity contribution in [3.63, 3.8) is 0 Å². The van der Waals surface area contributed by atoms with Gasteiger partial charge in [0.15, 0.2) is 0 Å². The van der Waals surface area contributed by atoms with Gasteiger partial charge in [-0.2, -0.15) is 5.26 Å². The van der Waals surface area contributed by atoms with Gasteiger partial charge in [0, 0.05) is 0 Å². The topological polar surface area (TPSA) is 76.4 Å². The molecule has 0 aromatic carbocycles. The van der Waals surface area contributed by atoms with E-state index in [2.05, 4.69) is 4.74 Å². The van der Waals surface area contributed by atoms with Crippen LogP contribution in [0.1, 0.15) is 27.2 Å². The van der Waals surface area contributed by atoms with Crippen LogP contribution in [0, 0.1) is 23.2 Å². The highest BCUT2D eigenvalue weighted by atomic mass is 16.6. The van der Waals surface area contributed by atoms with E-state index in [1.807, 2.05) is 19.9 Å². The second-order valence-corrected chi connectivity index (χ2v) is 3.77. The first-order valence-corrected chi connectivity index (χ1v) is 5.22. The fraction of sp³-hybridized carbons (Fsp3) is 0.727. The number of esters is 1. The quantitative estimate of drug-likeness (QED) is 0.483. The number of nitrogens with zero attached hydrogens (tertiary/aromatic N) is 1. The molecule has 0 spiro atoms. The Morgan fingerprint density at radius 3 is 2.50 bits per heavy atom. The molecular formula is C11H17NO4. The van der Waals surface area contributed by atoms with Gasteiger partial charge in [-0.15, -0.1) is 0 Å². The molecule has 0 saturated carbocycles. The molecule has 90 valence electrons. The van der Waals surface area contributed by atoms with Gasteiger partial charge in [0.2, 0.25) is 6.10 Å². The monoisotopic (exact) mass is 227 g/mol. The van der Waals surface area contributed by atoms with E-state index in [1.165, 1.54) is 0 Å². The first-order chi connectivity index (χ1) is 7.56. The number of hydrogen-bond acceptors (Lipinski definition) is 5. The number of rotatable bonds is 7. The summed E-state index contributed by atoms with van der Waals surface area (Å²) < 4.78 is 9.38. The molecule has 0 saturated heterocycles. The Hall–Kier alpha value is -1.57. The average molecular weight is 227 g/mol. The second-order valence-electron chi connectivity index (χ2n) is 3.77. The van der Waals surface area contributed by atoms with Gasteiger partial charge >= 0.3 is 5.97 Å². The van der Waals surface area contributed by atoms with Gasteiger partial charge in [-0.1, -0.05) is 13.8 Å². The summed E-state index contributed by atoms with van der Waals surface area (Å²) in [6.07, 6.45) is -0.641. The highest BCUT2D eigenvalue weighted by molar-refractivity contribution is 5.76. The maximum Gasteiger partial charge on any atom is 0.348 e. The summed E-state index contributed by atoms with van der Waals surface area (Å²) in [5.41, 5.74) is 0. The van der Waals surface area contributed by atoms with Crippen LogP contribution in [0.25, 0.3) is 0 Å². The van der Waals surface area contributed by atoms with E-state index in [-0.39, 0.29) is 19.0 Å². The lowest BCUT2D eigenvalue weighted by Crippen LogP contribution is -2.34. The van der Waals surface area contributed by atoms with E-state index in [9.17, 15) is 9.59 Å². The predicted octanol–water partition coefficient (Wildman–Crippen LogP) is 1.28. The molecule has 2 atom stereocenters. The number of carbonyl (C=O) groups excluding carboxylic acids is 2. The van der Waals surface area contributed by atoms with Crippen LogP contribution < -0.4 is 0 Å². The van der Waals surface area contributed by atoms with Crippen molar-refractivity contribution in [1.82, 2.24) is 0 Å². The van der Waals surface area contributed by atoms with Gasteiger partial charge in [0.25, 0.3) is 6.47 Å². The zero-order chi connectivity index (χ0) is 12.6. The Morgan fingerprint density at radius 2 is 2.12 bits per heavy atom. The summed E-state index contributed by atoms with van der Waals surface area (Å²) in [5.74, 6) is -1.09. The van der Waals surface area contributed by atoms with Crippen LogP contribution >= 0.6 is 0 Å². The molecule has 0 aliphatic heterocycles. The number of nitriles is 1. The molecular weight excluding hydrogens is 210 g/mol. The summed E-state index contributed by atoms with van der Waals surface area (Å²) in [6, 6.07) is 1.97. The standard InChI is InChI=1S/C11H17NO4/c1-4-15-11(14)10(16-7-13)9(6-12)5-8(2)3/h7-10H,4-5H2,1-3H3/t9-,10?/m1/s1. The van der Waals surface area contributed by atoms with Crippen molar-refractivity contribution in [3.05, 3.63) is 0 Å². The molecule has 0 aliphatic carbocycles. The zero-order valence-electron chi connectivity index (χ0n) is 9.80. The highest BCUT2D eigenvalue weighted by Gasteiger charge is 2.31. The van der Waals surface area contributed by atoms with Crippen LogP contribution in [-0.4, -0.2) is 25.2 Å². The molecule has 0 amide bonds. The van der Waals surface area contributed by atoms with E-state index in [0.717, 1.165) is 0 Å². The highest BCUT2D eigenvalue weighted by Crippen LogP contribution is 2.18. The predicted molar refractivity (Wildman–Crippen MR) is 56.1 cm³/mol. The molecule has 5 nitrogen and oxygen atoms in total. The second kappa shape index (κ2) is 7.69. The van der Waals surface area contributed by atoms with Gasteiger partial charge in [-0.3, -0.25) is 4.79 Å². The fourth-order valence-electron chi connectivity index (χ4n) is 1.35. The van der Waals surface area contributed by atoms with Crippen molar-refractivity contribution in [2.24, 2.45) is 11.8 Å². The van der Waals surface area contributed by atoms with Gasteiger partial charge in [0.1, 0.15) is 0 Å². The Labute approximate surface area is 95.3 Å². The summed E-state index contributed by atoms with van der Waals surface area (Å²) >= 11 is 0. The Kier molecular flexibility index (Phi) is 6.93. The van der Waals surface area contributed by atoms with Crippen molar-refractivity contribution in [2.75, 3.05) is 6.61 Å². The third kappa shape index (κ3) is 4.78. The molecule has 0 fully saturated rings. The minimum absolute atomic E-state index is 0.173. The maximum atomic E-state index is 11.5. The third-order valence-electron chi connectivity index (χ3n) is 1.98. The number of hydrogen-bond donors (Lipinski definition) is 0. The van der Waals surface area contributed by atoms with E-state index in [0.29, 0.717) is 6.42 Å². The maximum absolute atomic E-state index is 11.5. The van der Waals surface area contributed by atoms with Crippen LogP contribution in [0.4, 0.5) is 0 Å². The number of ether oxygens (including phenoxy) is 2. The van der Waals surface area contributed by atoms with Crippen LogP contribution in [0.3, 0.4) is 0 Å². The molecule has 0 aliphatic rings. The van der Waals surface area contributed by atoms with Crippen molar-refractivity contribution < 1.29 is 19.1 Å². The molecule has 0 aromatic rings. The van der Waals surface area contributed by atoms with Gasteiger partial charge in [-0.25, -0.2) is 4.79 Å². The molecule has 0 heterocycles. The van der Waals surface area contributed by atoms with Crippen molar-refractivity contribution >= 4 is 12.4 Å². The van der Waals surface area contributed by atoms with Crippen LogP contribution in [0.5, 0.6) is 0 Å². The third-order valence-corrected chi connectivity index (χ3v) is 1.98. The van der Waals surface area contributed by atoms with E-state index < -0.39 is 18.0 Å². The first kappa shape index (κ1) is 14.4. The molecule has 0 radical (unpaired) electrons. The summed E-state index contributed by atoms with van der Waals surface area (Å²) in [6.45, 7) is 5.87. The van der Waals surface area contributed by atoms with Crippen LogP contribution in [-0.2, 0) is 19.1 Å². The van der Waals surface area contributed by atoms with Crippen molar-refractivity contribution in [3.8, 4) is 6.07 Å². The average Bonchev–Trinajstić information content (AvgIpc) is 2.23. The lowest BCUT2D eigenvalue weighted by atomic mass is 9.93. The molecule has 5 heteroatoms. The molecule has 0 bridgehead atoms. The fourth-order valence-corrected chi connectivity index (χ4v) is 1.35. The van der Waals surface area contributed by atoms with Crippen molar-refractivity contribution in [2.45, 2.75) is 33.3 Å². The van der Waals surface area contributed by atoms with Crippen LogP contribution in [0.15, 0.2) is 0 Å². The lowest BCUT2D eigenvalue weighted by Gasteiger charge is -2.19. The van der Waals surface area contributed by atoms with E-state index in [1.54, 1.807) is 6.92 Å². The van der Waals surface area contributed by atoms with Gasteiger partial charge in [-0.05, 0) is 19.3 Å². The SMILES string of the molecule is CCOC(=O)C(OC=O)[C@@H](C#N)CC(C)C. The largest absolute Gasteiger partial charge is 0.463 e. The summed E-state index contributed by atoms with van der Waals surface area (Å²) in [5, 5.41) is 8.94. The Morgan fingerprint density at radius 1 is 1.50 bits per heavy atom. The normalized spacial score (nSPS) is 13.7.